The van der Waals surface area contributed by atoms with Crippen LogP contribution in [0.15, 0.2) is 23.3 Å². The molecule has 5 rings (SSSR count). The highest BCUT2D eigenvalue weighted by molar-refractivity contribution is 7.99. The van der Waals surface area contributed by atoms with Gasteiger partial charge in [0.15, 0.2) is 22.1 Å². The second kappa shape index (κ2) is 10.5. The van der Waals surface area contributed by atoms with Crippen molar-refractivity contribution in [2.45, 2.75) is 74.4 Å². The quantitative estimate of drug-likeness (QED) is 0.227. The molecule has 2 aliphatic carbocycles. The molecule has 2 heterocycles. The van der Waals surface area contributed by atoms with Gasteiger partial charge in [-0.3, -0.25) is 0 Å². The van der Waals surface area contributed by atoms with Gasteiger partial charge in [0, 0.05) is 30.9 Å². The molecule has 1 aromatic carbocycles. The number of nitrogens with zero attached hydrogens (tertiary/aromatic N) is 5. The highest BCUT2D eigenvalue weighted by Crippen LogP contribution is 2.44. The van der Waals surface area contributed by atoms with Crippen LogP contribution in [0.5, 0.6) is 0 Å². The number of fused-ring (bicyclic) bond motifs is 1. The summed E-state index contributed by atoms with van der Waals surface area (Å²) in [5, 5.41) is 41.4. The maximum absolute atomic E-state index is 14.8. The zero-order chi connectivity index (χ0) is 38.0. The third-order valence-electron chi connectivity index (χ3n) is 5.19. The highest BCUT2D eigenvalue weighted by atomic mass is 32.2. The van der Waals surface area contributed by atoms with Crippen LogP contribution in [-0.4, -0.2) is 83.4 Å². The minimum Gasteiger partial charge on any atom is -0.394 e. The second-order valence-electron chi connectivity index (χ2n) is 7.65. The Morgan fingerprint density at radius 1 is 1.39 bits per heavy atom. The predicted octanol–water partition coefficient (Wildman–Crippen LogP) is 2.18. The van der Waals surface area contributed by atoms with Gasteiger partial charge < -0.3 is 25.4 Å². The monoisotopic (exact) mass is 532 g/mol. The zero-order valence-corrected chi connectivity index (χ0v) is 19.8. The number of benzene rings is 1. The number of aliphatic hydroxyl groups is 3. The molecule has 0 saturated heterocycles. The van der Waals surface area contributed by atoms with Crippen LogP contribution in [0.4, 0.5) is 10.2 Å². The van der Waals surface area contributed by atoms with E-state index in [1.807, 2.05) is 0 Å². The minimum absolute atomic E-state index is 0.0976. The molecule has 3 aromatic rings. The van der Waals surface area contributed by atoms with Crippen molar-refractivity contribution >= 4 is 28.7 Å². The maximum Gasteiger partial charge on any atom is 0.191 e. The number of anilines is 1. The summed E-state index contributed by atoms with van der Waals surface area (Å²) in [5.41, 5.74) is -3.92. The Balaban J connectivity index is 1.70. The largest absolute Gasteiger partial charge is 0.394 e. The summed E-state index contributed by atoms with van der Waals surface area (Å²) in [6.45, 7) is -2.16. The Bertz CT molecular complexity index is 1860. The Morgan fingerprint density at radius 2 is 2.22 bits per heavy atom. The lowest BCUT2D eigenvalue weighted by Gasteiger charge is -2.17. The molecule has 2 aromatic heterocycles. The molecule has 10 nitrogen and oxygen atoms in total. The summed E-state index contributed by atoms with van der Waals surface area (Å²) in [6, 6.07) is -6.74. The van der Waals surface area contributed by atoms with Crippen molar-refractivity contribution < 1.29 is 43.6 Å². The fourth-order valence-electron chi connectivity index (χ4n) is 3.35. The van der Waals surface area contributed by atoms with Crippen molar-refractivity contribution in [3.8, 4) is 0 Å². The van der Waals surface area contributed by atoms with Crippen LogP contribution < -0.4 is 5.32 Å². The van der Waals surface area contributed by atoms with Gasteiger partial charge in [-0.2, -0.15) is 0 Å². The number of aliphatic hydroxyl groups excluding tert-OH is 1. The Kier molecular flexibility index (Phi) is 3.93. The molecule has 2 fully saturated rings. The molecule has 6 atom stereocenters. The van der Waals surface area contributed by atoms with Gasteiger partial charge in [-0.25, -0.2) is 19.0 Å². The summed E-state index contributed by atoms with van der Waals surface area (Å²) >= 11 is 0.424. The molecule has 0 amide bonds. The maximum atomic E-state index is 14.8. The van der Waals surface area contributed by atoms with Crippen LogP contribution in [0.2, 0.25) is 0 Å². The van der Waals surface area contributed by atoms with Gasteiger partial charge in [0.05, 0.1) is 37.6 Å². The normalized spacial score (nSPS) is 45.7. The Morgan fingerprint density at radius 3 is 3.00 bits per heavy atom. The minimum atomic E-state index is -4.18. The number of halogens is 1. The number of aromatic nitrogens is 5. The van der Waals surface area contributed by atoms with Crippen LogP contribution >= 0.6 is 11.8 Å². The summed E-state index contributed by atoms with van der Waals surface area (Å²) in [4.78, 5) is 8.33. The summed E-state index contributed by atoms with van der Waals surface area (Å²) in [5.74, 6) is -3.32. The topological polar surface area (TPSA) is 138 Å². The van der Waals surface area contributed by atoms with Gasteiger partial charge in [-0.1, -0.05) is 36.0 Å². The number of hydrogen-bond acceptors (Lipinski definition) is 10. The fraction of sp³-hybridized carbons (Fsp3) is 0.583. The van der Waals surface area contributed by atoms with E-state index in [2.05, 4.69) is 30.3 Å². The lowest BCUT2D eigenvalue weighted by Crippen LogP contribution is -2.33. The Labute approximate surface area is 232 Å². The standard InChI is InChI=1S/C24H31FN6O4S/c1-3-8-36-24-27-22(26-16-10-14(16)13-5-4-12(2)15(25)9-13)19-23(28-24)31(30-29-19)17-11-18(35-7-6-32)21(34)20(17)33/h4-5,9,14,16-18,20-21,32-34H,3,6-8,10-11H2,1-2H3,(H,26,27,28)/t14-,16+,17+,18-,20-,21+/m0/s1/i4D,5D,7D2,8D2,9D,11D2,14D,17D,18D,20D,21D. The van der Waals surface area contributed by atoms with Crippen LogP contribution in [0.25, 0.3) is 11.2 Å². The van der Waals surface area contributed by atoms with E-state index in [9.17, 15) is 19.7 Å². The SMILES string of the molecule is [2H]c1c([2H])c([C@]2([2H])C[C@H]2Nc2nc(SC([2H])([2H])CC)nc3c2nnn3[C@]2([2H])C([2H])([2H])[C@]([2H])(OC([2H])([2H])CO)[C@@]([2H])(O)[C@@]2([2H])O)c([2H])c(F)c1C. The van der Waals surface area contributed by atoms with E-state index in [0.717, 1.165) is 0 Å². The molecule has 0 spiro atoms. The van der Waals surface area contributed by atoms with Crippen LogP contribution in [-0.2, 0) is 4.74 Å². The molecule has 194 valence electrons. The first kappa shape index (κ1) is 13.4. The first-order valence-electron chi connectivity index (χ1n) is 17.7. The number of rotatable bonds is 10. The average molecular weight is 533 g/mol. The number of thioether (sulfide) groups is 1. The first-order chi connectivity index (χ1) is 22.6. The van der Waals surface area contributed by atoms with Crippen molar-refractivity contribution in [3.05, 3.63) is 35.1 Å². The first-order valence-corrected chi connectivity index (χ1v) is 11.6. The van der Waals surface area contributed by atoms with Gasteiger partial charge in [0.2, 0.25) is 0 Å². The molecule has 0 unspecified atom stereocenters. The number of ether oxygens (including phenoxy) is 1. The van der Waals surface area contributed by atoms with E-state index in [-0.39, 0.29) is 28.9 Å². The van der Waals surface area contributed by atoms with Gasteiger partial charge in [0.1, 0.15) is 18.0 Å². The lowest BCUT2D eigenvalue weighted by atomic mass is 10.1. The fourth-order valence-corrected chi connectivity index (χ4v) is 3.89. The molecule has 0 bridgehead atoms. The van der Waals surface area contributed by atoms with E-state index in [4.69, 9.17) is 19.2 Å². The molecule has 0 aliphatic heterocycles. The van der Waals surface area contributed by atoms with E-state index >= 15 is 0 Å². The van der Waals surface area contributed by atoms with Gasteiger partial charge in [-0.05, 0) is 36.9 Å². The number of hydrogen-bond donors (Lipinski definition) is 4. The smallest absolute Gasteiger partial charge is 0.191 e. The molecular formula is C24H31FN6O4S. The van der Waals surface area contributed by atoms with Crippen molar-refractivity contribution in [1.29, 1.82) is 0 Å². The van der Waals surface area contributed by atoms with Crippen LogP contribution in [0.3, 0.4) is 0 Å². The van der Waals surface area contributed by atoms with Crippen LogP contribution in [0, 0.1) is 12.7 Å². The molecular weight excluding hydrogens is 487 g/mol. The van der Waals surface area contributed by atoms with Crippen molar-refractivity contribution in [2.75, 3.05) is 24.2 Å². The summed E-state index contributed by atoms with van der Waals surface area (Å²) < 4.78 is 137. The zero-order valence-electron chi connectivity index (χ0n) is 33.0. The summed E-state index contributed by atoms with van der Waals surface area (Å²) in [6.07, 6.45) is -16.6. The average Bonchev–Trinajstić information content (AvgIpc) is 3.43. The van der Waals surface area contributed by atoms with E-state index < -0.39 is 107 Å². The van der Waals surface area contributed by atoms with Crippen LogP contribution in [0.1, 0.15) is 68.4 Å². The van der Waals surface area contributed by atoms with E-state index in [1.54, 1.807) is 0 Å². The van der Waals surface area contributed by atoms with E-state index in [0.29, 0.717) is 11.8 Å². The number of nitrogens with one attached hydrogen (secondary N) is 1. The second-order valence-corrected chi connectivity index (χ2v) is 8.51. The van der Waals surface area contributed by atoms with Gasteiger partial charge >= 0.3 is 0 Å². The molecule has 12 heteroatoms. The molecule has 2 saturated carbocycles. The molecule has 4 N–H and O–H groups in total. The van der Waals surface area contributed by atoms with Gasteiger partial charge in [-0.15, -0.1) is 5.10 Å². The van der Waals surface area contributed by atoms with Crippen molar-refractivity contribution in [1.82, 2.24) is 25.0 Å². The molecule has 36 heavy (non-hydrogen) atoms. The van der Waals surface area contributed by atoms with Gasteiger partial charge in [0.25, 0.3) is 0 Å². The third-order valence-corrected chi connectivity index (χ3v) is 5.99. The highest BCUT2D eigenvalue weighted by Gasteiger charge is 2.45. The molecule has 0 radical (unpaired) electrons. The van der Waals surface area contributed by atoms with Crippen molar-refractivity contribution in [3.63, 3.8) is 0 Å². The molecule has 2 aliphatic rings. The third kappa shape index (κ3) is 4.92. The van der Waals surface area contributed by atoms with E-state index in [1.165, 1.54) is 13.8 Å². The predicted molar refractivity (Wildman–Crippen MR) is 133 cm³/mol. The Hall–Kier alpha value is -2.38. The summed E-state index contributed by atoms with van der Waals surface area (Å²) in [7, 11) is 0. The van der Waals surface area contributed by atoms with Crippen molar-refractivity contribution in [2.24, 2.45) is 0 Å². The lowest BCUT2D eigenvalue weighted by molar-refractivity contribution is -0.0629.